The topological polar surface area (TPSA) is 87.7 Å². The van der Waals surface area contributed by atoms with Crippen molar-refractivity contribution < 1.29 is 19.1 Å². The van der Waals surface area contributed by atoms with E-state index in [1.807, 2.05) is 32.9 Å². The molecule has 160 valence electrons. The number of piperidine rings is 1. The third kappa shape index (κ3) is 6.56. The second-order valence-electron chi connectivity index (χ2n) is 7.79. The quantitative estimate of drug-likeness (QED) is 0.694. The molecule has 1 fully saturated rings. The highest BCUT2D eigenvalue weighted by Gasteiger charge is 2.34. The van der Waals surface area contributed by atoms with Crippen LogP contribution in [0.2, 0.25) is 0 Å². The Balaban J connectivity index is 2.09. The van der Waals surface area contributed by atoms with Gasteiger partial charge in [0.25, 0.3) is 5.91 Å². The second-order valence-corrected chi connectivity index (χ2v) is 7.79. The fraction of sp³-hybridized carbons (Fsp3) is 0.591. The summed E-state index contributed by atoms with van der Waals surface area (Å²) in [5.41, 5.74) is 1.60. The molecule has 29 heavy (non-hydrogen) atoms. The van der Waals surface area contributed by atoms with Gasteiger partial charge in [-0.1, -0.05) is 24.6 Å². The van der Waals surface area contributed by atoms with Crippen LogP contribution >= 0.6 is 0 Å². The van der Waals surface area contributed by atoms with Crippen LogP contribution in [0.3, 0.4) is 0 Å². The molecule has 2 atom stereocenters. The molecule has 1 aliphatic rings. The van der Waals surface area contributed by atoms with E-state index in [4.69, 9.17) is 4.74 Å². The largest absolute Gasteiger partial charge is 0.375 e. The number of rotatable bonds is 8. The monoisotopic (exact) mass is 403 g/mol. The van der Waals surface area contributed by atoms with Crippen molar-refractivity contribution in [1.82, 2.24) is 15.5 Å². The minimum atomic E-state index is -0.627. The fourth-order valence-electron chi connectivity index (χ4n) is 3.46. The first-order chi connectivity index (χ1) is 13.8. The number of ether oxygens (including phenoxy) is 1. The number of methoxy groups -OCH3 is 1. The summed E-state index contributed by atoms with van der Waals surface area (Å²) >= 11 is 0. The highest BCUT2D eigenvalue weighted by atomic mass is 16.5. The SMILES string of the molecule is CC[C@@H](C)NC(=O)[C@@H](NC(=O)c1ccc(C)cc1)C1CCN(C(=O)COC)CC1. The Morgan fingerprint density at radius 2 is 1.76 bits per heavy atom. The molecule has 0 bridgehead atoms. The molecule has 1 aromatic carbocycles. The van der Waals surface area contributed by atoms with Gasteiger partial charge in [-0.2, -0.15) is 0 Å². The van der Waals surface area contributed by atoms with Gasteiger partial charge in [0, 0.05) is 31.8 Å². The Bertz CT molecular complexity index is 697. The van der Waals surface area contributed by atoms with E-state index in [0.717, 1.165) is 12.0 Å². The highest BCUT2D eigenvalue weighted by molar-refractivity contribution is 5.97. The van der Waals surface area contributed by atoms with E-state index in [2.05, 4.69) is 10.6 Å². The van der Waals surface area contributed by atoms with Crippen LogP contribution in [0.15, 0.2) is 24.3 Å². The minimum absolute atomic E-state index is 0.0277. The van der Waals surface area contributed by atoms with Crippen LogP contribution in [-0.2, 0) is 14.3 Å². The number of nitrogens with zero attached hydrogens (tertiary/aromatic N) is 1. The molecule has 1 heterocycles. The predicted octanol–water partition coefficient (Wildman–Crippen LogP) is 1.89. The molecular weight excluding hydrogens is 370 g/mol. The number of carbonyl (C=O) groups is 3. The van der Waals surface area contributed by atoms with Crippen LogP contribution < -0.4 is 10.6 Å². The molecule has 2 N–H and O–H groups in total. The molecule has 1 saturated heterocycles. The van der Waals surface area contributed by atoms with Gasteiger partial charge in [0.15, 0.2) is 0 Å². The van der Waals surface area contributed by atoms with Crippen molar-refractivity contribution in [3.63, 3.8) is 0 Å². The lowest BCUT2D eigenvalue weighted by Crippen LogP contribution is -2.55. The standard InChI is InChI=1S/C22H33N3O4/c1-5-16(3)23-22(28)20(24-21(27)18-8-6-15(2)7-9-18)17-10-12-25(13-11-17)19(26)14-29-4/h6-9,16-17,20H,5,10-14H2,1-4H3,(H,23,28)(H,24,27)/t16-,20+/m1/s1. The van der Waals surface area contributed by atoms with Crippen molar-refractivity contribution in [3.05, 3.63) is 35.4 Å². The summed E-state index contributed by atoms with van der Waals surface area (Å²) in [6, 6.07) is 6.69. The molecule has 0 aromatic heterocycles. The Hall–Kier alpha value is -2.41. The number of amides is 3. The molecule has 7 nitrogen and oxygen atoms in total. The Morgan fingerprint density at radius 1 is 1.14 bits per heavy atom. The number of hydrogen-bond donors (Lipinski definition) is 2. The van der Waals surface area contributed by atoms with Gasteiger partial charge in [0.1, 0.15) is 12.6 Å². The zero-order valence-electron chi connectivity index (χ0n) is 17.9. The van der Waals surface area contributed by atoms with Gasteiger partial charge in [0.2, 0.25) is 11.8 Å². The molecule has 3 amide bonds. The zero-order chi connectivity index (χ0) is 21.4. The Kier molecular flexibility index (Phi) is 8.64. The first-order valence-corrected chi connectivity index (χ1v) is 10.3. The average molecular weight is 404 g/mol. The van der Waals surface area contributed by atoms with E-state index in [9.17, 15) is 14.4 Å². The maximum atomic E-state index is 12.9. The third-order valence-corrected chi connectivity index (χ3v) is 5.52. The Labute approximate surface area is 173 Å². The van der Waals surface area contributed by atoms with Crippen molar-refractivity contribution in [1.29, 1.82) is 0 Å². The van der Waals surface area contributed by atoms with E-state index in [-0.39, 0.29) is 36.3 Å². The number of hydrogen-bond acceptors (Lipinski definition) is 4. The summed E-state index contributed by atoms with van der Waals surface area (Å²) < 4.78 is 4.92. The van der Waals surface area contributed by atoms with E-state index in [1.165, 1.54) is 7.11 Å². The maximum Gasteiger partial charge on any atom is 0.251 e. The molecule has 0 aliphatic carbocycles. The van der Waals surface area contributed by atoms with Crippen molar-refractivity contribution in [2.45, 2.75) is 52.1 Å². The molecule has 0 radical (unpaired) electrons. The Morgan fingerprint density at radius 3 is 2.31 bits per heavy atom. The van der Waals surface area contributed by atoms with Crippen LogP contribution in [0, 0.1) is 12.8 Å². The molecule has 0 unspecified atom stereocenters. The van der Waals surface area contributed by atoms with Gasteiger partial charge in [-0.05, 0) is 51.2 Å². The van der Waals surface area contributed by atoms with Gasteiger partial charge in [-0.3, -0.25) is 14.4 Å². The molecule has 2 rings (SSSR count). The van der Waals surface area contributed by atoms with Gasteiger partial charge in [0.05, 0.1) is 0 Å². The smallest absolute Gasteiger partial charge is 0.251 e. The third-order valence-electron chi connectivity index (χ3n) is 5.52. The highest BCUT2D eigenvalue weighted by Crippen LogP contribution is 2.22. The number of nitrogens with one attached hydrogen (secondary N) is 2. The molecule has 0 spiro atoms. The van der Waals surface area contributed by atoms with E-state index < -0.39 is 6.04 Å². The van der Waals surface area contributed by atoms with Crippen LogP contribution in [0.1, 0.15) is 49.0 Å². The summed E-state index contributed by atoms with van der Waals surface area (Å²) in [6.07, 6.45) is 2.12. The summed E-state index contributed by atoms with van der Waals surface area (Å²) in [5, 5.41) is 5.93. The van der Waals surface area contributed by atoms with Crippen LogP contribution in [0.5, 0.6) is 0 Å². The van der Waals surface area contributed by atoms with Gasteiger partial charge in [-0.25, -0.2) is 0 Å². The number of likely N-dealkylation sites (tertiary alicyclic amines) is 1. The summed E-state index contributed by atoms with van der Waals surface area (Å²) in [5.74, 6) is -0.496. The average Bonchev–Trinajstić information content (AvgIpc) is 2.72. The van der Waals surface area contributed by atoms with Crippen molar-refractivity contribution in [3.8, 4) is 0 Å². The molecule has 1 aromatic rings. The summed E-state index contributed by atoms with van der Waals surface area (Å²) in [7, 11) is 1.50. The van der Waals surface area contributed by atoms with Gasteiger partial charge < -0.3 is 20.3 Å². The molecular formula is C22H33N3O4. The van der Waals surface area contributed by atoms with Gasteiger partial charge >= 0.3 is 0 Å². The van der Waals surface area contributed by atoms with E-state index in [0.29, 0.717) is 31.5 Å². The van der Waals surface area contributed by atoms with Crippen LogP contribution in [0.25, 0.3) is 0 Å². The number of aryl methyl sites for hydroxylation is 1. The van der Waals surface area contributed by atoms with Crippen LogP contribution in [-0.4, -0.2) is 61.5 Å². The number of benzene rings is 1. The lowest BCUT2D eigenvalue weighted by Gasteiger charge is -2.36. The van der Waals surface area contributed by atoms with Crippen molar-refractivity contribution in [2.75, 3.05) is 26.8 Å². The van der Waals surface area contributed by atoms with Crippen molar-refractivity contribution in [2.24, 2.45) is 5.92 Å². The van der Waals surface area contributed by atoms with Crippen molar-refractivity contribution >= 4 is 17.7 Å². The minimum Gasteiger partial charge on any atom is -0.375 e. The van der Waals surface area contributed by atoms with Crippen LogP contribution in [0.4, 0.5) is 0 Å². The maximum absolute atomic E-state index is 12.9. The molecule has 7 heteroatoms. The van der Waals surface area contributed by atoms with E-state index in [1.54, 1.807) is 17.0 Å². The number of carbonyl (C=O) groups excluding carboxylic acids is 3. The molecule has 0 saturated carbocycles. The lowest BCUT2D eigenvalue weighted by atomic mass is 9.88. The summed E-state index contributed by atoms with van der Waals surface area (Å²) in [6.45, 7) is 7.09. The van der Waals surface area contributed by atoms with E-state index >= 15 is 0 Å². The lowest BCUT2D eigenvalue weighted by molar-refractivity contribution is -0.136. The van der Waals surface area contributed by atoms with Gasteiger partial charge in [-0.15, -0.1) is 0 Å². The fourth-order valence-corrected chi connectivity index (χ4v) is 3.46. The first-order valence-electron chi connectivity index (χ1n) is 10.3. The predicted molar refractivity (Wildman–Crippen MR) is 112 cm³/mol. The first kappa shape index (κ1) is 22.9. The second kappa shape index (κ2) is 11.0. The summed E-state index contributed by atoms with van der Waals surface area (Å²) in [4.78, 5) is 39.5. The zero-order valence-corrected chi connectivity index (χ0v) is 17.9. The normalized spacial score (nSPS) is 16.8. The molecule has 1 aliphatic heterocycles.